The highest BCUT2D eigenvalue weighted by atomic mass is 32.2. The van der Waals surface area contributed by atoms with Gasteiger partial charge >= 0.3 is 5.97 Å². The molecule has 10 heteroatoms. The molecule has 2 aliphatic heterocycles. The fourth-order valence-electron chi connectivity index (χ4n) is 4.93. The molecule has 0 aliphatic carbocycles. The Balaban J connectivity index is 1.87. The van der Waals surface area contributed by atoms with E-state index in [0.717, 1.165) is 4.90 Å². The number of nitro groups is 1. The minimum absolute atomic E-state index is 0.0903. The van der Waals surface area contributed by atoms with Gasteiger partial charge in [0.15, 0.2) is 0 Å². The molecule has 1 fully saturated rings. The van der Waals surface area contributed by atoms with Crippen LogP contribution in [0.1, 0.15) is 19.4 Å². The Hall–Kier alpha value is -3.37. The van der Waals surface area contributed by atoms with Crippen molar-refractivity contribution >= 4 is 28.4 Å². The molecule has 2 unspecified atom stereocenters. The molecule has 5 atom stereocenters. The molecule has 2 aromatic rings. The first-order chi connectivity index (χ1) is 15.6. The van der Waals surface area contributed by atoms with Gasteiger partial charge in [0.2, 0.25) is 5.91 Å². The van der Waals surface area contributed by atoms with Crippen LogP contribution in [0.25, 0.3) is 0 Å². The van der Waals surface area contributed by atoms with Crippen LogP contribution in [0, 0.1) is 21.4 Å². The molecule has 2 N–H and O–H groups in total. The molecule has 1 amide bonds. The Bertz CT molecular complexity index is 1190. The van der Waals surface area contributed by atoms with Crippen molar-refractivity contribution in [1.29, 1.82) is 0 Å². The maximum Gasteiger partial charge on any atom is 0.353 e. The van der Waals surface area contributed by atoms with Crippen LogP contribution in [0.3, 0.4) is 0 Å². The van der Waals surface area contributed by atoms with E-state index in [-0.39, 0.29) is 22.7 Å². The third kappa shape index (κ3) is 3.55. The number of carbonyl (C=O) groups is 2. The summed E-state index contributed by atoms with van der Waals surface area (Å²) in [4.78, 5) is 37.3. The van der Waals surface area contributed by atoms with E-state index >= 15 is 0 Å². The molecule has 0 radical (unpaired) electrons. The van der Waals surface area contributed by atoms with Crippen LogP contribution in [0.4, 0.5) is 5.69 Å². The molecule has 1 saturated heterocycles. The van der Waals surface area contributed by atoms with E-state index in [1.165, 1.54) is 19.1 Å². The fourth-order valence-corrected chi connectivity index (χ4v) is 6.55. The largest absolute Gasteiger partial charge is 0.477 e. The topological polar surface area (TPSA) is 138 Å². The highest BCUT2D eigenvalue weighted by Gasteiger charge is 2.67. The average molecular weight is 471 g/mol. The quantitative estimate of drug-likeness (QED) is 0.360. The summed E-state index contributed by atoms with van der Waals surface area (Å²) in [5, 5.41) is 31.3. The number of fused-ring (bicyclic) bond motifs is 1. The van der Waals surface area contributed by atoms with Gasteiger partial charge in [-0.3, -0.25) is 14.9 Å². The first-order valence-corrected chi connectivity index (χ1v) is 11.4. The van der Waals surface area contributed by atoms with Crippen molar-refractivity contribution in [2.24, 2.45) is 11.3 Å². The van der Waals surface area contributed by atoms with Crippen LogP contribution in [0.5, 0.6) is 0 Å². The number of β-lactam (4-membered cyclic amide) rings is 1. The van der Waals surface area contributed by atoms with E-state index in [1.54, 1.807) is 49.4 Å². The summed E-state index contributed by atoms with van der Waals surface area (Å²) in [7, 11) is -1.89. The van der Waals surface area contributed by atoms with Crippen molar-refractivity contribution in [1.82, 2.24) is 4.90 Å². The van der Waals surface area contributed by atoms with E-state index in [0.29, 0.717) is 10.5 Å². The summed E-state index contributed by atoms with van der Waals surface area (Å²) in [6.07, 6.45) is -0.859. The SMILES string of the molecule is C[C@@H](O)[C@H]1C(=O)N2C(C(=O)O)=C(S(=O)c3ccccc3)C(C)(Cc3ccc([N+](=O)[O-])cc3)[C@H]12. The van der Waals surface area contributed by atoms with Gasteiger partial charge in [0.1, 0.15) is 5.70 Å². The second-order valence-electron chi connectivity index (χ2n) is 8.50. The molecule has 33 heavy (non-hydrogen) atoms. The normalized spacial score (nSPS) is 25.9. The summed E-state index contributed by atoms with van der Waals surface area (Å²) < 4.78 is 13.7. The van der Waals surface area contributed by atoms with Crippen LogP contribution in [-0.2, 0) is 26.8 Å². The third-order valence-corrected chi connectivity index (χ3v) is 8.08. The third-order valence-electron chi connectivity index (χ3n) is 6.35. The number of nitro benzene ring substituents is 1. The van der Waals surface area contributed by atoms with E-state index < -0.39 is 51.1 Å². The molecular weight excluding hydrogens is 448 g/mol. The molecular formula is C23H22N2O7S. The zero-order valence-corrected chi connectivity index (χ0v) is 18.7. The Morgan fingerprint density at radius 2 is 1.82 bits per heavy atom. The minimum Gasteiger partial charge on any atom is -0.477 e. The second kappa shape index (κ2) is 8.20. The fraction of sp³-hybridized carbons (Fsp3) is 0.304. The lowest BCUT2D eigenvalue weighted by atomic mass is 9.67. The molecule has 172 valence electrons. The number of amides is 1. The number of rotatable bonds is 7. The van der Waals surface area contributed by atoms with E-state index in [1.807, 2.05) is 0 Å². The molecule has 4 rings (SSSR count). The van der Waals surface area contributed by atoms with Gasteiger partial charge in [-0.1, -0.05) is 37.3 Å². The predicted octanol–water partition coefficient (Wildman–Crippen LogP) is 2.47. The van der Waals surface area contributed by atoms with E-state index in [9.17, 15) is 34.1 Å². The number of benzene rings is 2. The Kier molecular flexibility index (Phi) is 5.67. The van der Waals surface area contributed by atoms with Crippen LogP contribution >= 0.6 is 0 Å². The van der Waals surface area contributed by atoms with Gasteiger partial charge in [0, 0.05) is 22.4 Å². The summed E-state index contributed by atoms with van der Waals surface area (Å²) in [6.45, 7) is 3.21. The number of nitrogens with zero attached hydrogens (tertiary/aromatic N) is 2. The van der Waals surface area contributed by atoms with Crippen molar-refractivity contribution in [3.8, 4) is 0 Å². The maximum atomic E-state index is 13.7. The molecule has 9 nitrogen and oxygen atoms in total. The highest BCUT2D eigenvalue weighted by molar-refractivity contribution is 7.89. The number of carboxylic acids is 1. The number of carbonyl (C=O) groups excluding carboxylic acids is 1. The number of carboxylic acid groups (broad SMARTS) is 1. The van der Waals surface area contributed by atoms with Crippen molar-refractivity contribution in [2.45, 2.75) is 37.3 Å². The van der Waals surface area contributed by atoms with Crippen molar-refractivity contribution in [2.75, 3.05) is 0 Å². The molecule has 2 heterocycles. The summed E-state index contributed by atoms with van der Waals surface area (Å²) in [5.74, 6) is -2.75. The molecule has 0 saturated carbocycles. The van der Waals surface area contributed by atoms with Crippen molar-refractivity contribution < 1.29 is 28.9 Å². The Morgan fingerprint density at radius 3 is 2.33 bits per heavy atom. The molecule has 0 bridgehead atoms. The van der Waals surface area contributed by atoms with Gasteiger partial charge in [-0.05, 0) is 31.0 Å². The summed E-state index contributed by atoms with van der Waals surface area (Å²) >= 11 is 0. The average Bonchev–Trinajstić information content (AvgIpc) is 2.99. The van der Waals surface area contributed by atoms with Gasteiger partial charge in [-0.2, -0.15) is 0 Å². The number of hydrogen-bond acceptors (Lipinski definition) is 6. The molecule has 0 spiro atoms. The van der Waals surface area contributed by atoms with E-state index in [2.05, 4.69) is 0 Å². The Labute approximate surface area is 192 Å². The number of aliphatic hydroxyl groups is 1. The number of hydrogen-bond donors (Lipinski definition) is 2. The number of aliphatic hydroxyl groups excluding tert-OH is 1. The molecule has 0 aromatic heterocycles. The van der Waals surface area contributed by atoms with Crippen LogP contribution in [0.15, 0.2) is 70.1 Å². The Morgan fingerprint density at radius 1 is 1.21 bits per heavy atom. The van der Waals surface area contributed by atoms with Crippen LogP contribution in [-0.4, -0.2) is 48.3 Å². The van der Waals surface area contributed by atoms with E-state index in [4.69, 9.17) is 0 Å². The first-order valence-electron chi connectivity index (χ1n) is 10.3. The zero-order chi connectivity index (χ0) is 24.1. The van der Waals surface area contributed by atoms with Gasteiger partial charge in [0.05, 0.1) is 38.7 Å². The molecule has 2 aliphatic rings. The lowest BCUT2D eigenvalue weighted by Gasteiger charge is -2.50. The zero-order valence-electron chi connectivity index (χ0n) is 17.9. The molecule has 2 aromatic carbocycles. The monoisotopic (exact) mass is 470 g/mol. The van der Waals surface area contributed by atoms with Crippen molar-refractivity contribution in [3.63, 3.8) is 0 Å². The summed E-state index contributed by atoms with van der Waals surface area (Å²) in [5.41, 5.74) is -0.859. The number of aliphatic carboxylic acids is 1. The lowest BCUT2D eigenvalue weighted by Crippen LogP contribution is -2.66. The standard InChI is InChI=1S/C23H22N2O7S/c1-13(26)17-19-23(2,12-14-8-10-15(11-9-14)25(30)31)20(18(22(28)29)24(19)21(17)27)33(32)16-6-4-3-5-7-16/h3-11,13,17,19,26H,12H2,1-2H3,(H,28,29)/t13-,17-,19+,23?,33?/m1/s1. The minimum atomic E-state index is -1.89. The highest BCUT2D eigenvalue weighted by Crippen LogP contribution is 2.57. The van der Waals surface area contributed by atoms with Crippen LogP contribution in [0.2, 0.25) is 0 Å². The van der Waals surface area contributed by atoms with Gasteiger partial charge < -0.3 is 15.1 Å². The smallest absolute Gasteiger partial charge is 0.353 e. The van der Waals surface area contributed by atoms with Gasteiger partial charge in [0.25, 0.3) is 5.69 Å². The predicted molar refractivity (Wildman–Crippen MR) is 118 cm³/mol. The van der Waals surface area contributed by atoms with Crippen molar-refractivity contribution in [3.05, 3.63) is 80.9 Å². The summed E-state index contributed by atoms with van der Waals surface area (Å²) in [6, 6.07) is 13.5. The van der Waals surface area contributed by atoms with Crippen LogP contribution < -0.4 is 0 Å². The first kappa shape index (κ1) is 22.8. The van der Waals surface area contributed by atoms with Gasteiger partial charge in [-0.25, -0.2) is 9.00 Å². The van der Waals surface area contributed by atoms with Gasteiger partial charge in [-0.15, -0.1) is 0 Å². The lowest BCUT2D eigenvalue weighted by molar-refractivity contribution is -0.384. The second-order valence-corrected chi connectivity index (χ2v) is 9.92. The maximum absolute atomic E-state index is 13.7. The number of non-ortho nitro benzene ring substituents is 1.